The molecule has 1 atom stereocenters. The Bertz CT molecular complexity index is 1080. The second kappa shape index (κ2) is 8.14. The van der Waals surface area contributed by atoms with Gasteiger partial charge in [0.2, 0.25) is 5.95 Å². The largest absolute Gasteiger partial charge is 0.351 e. The number of hydroxylamine groups is 1. The monoisotopic (exact) mass is 412 g/mol. The van der Waals surface area contributed by atoms with Crippen LogP contribution in [0, 0.1) is 5.82 Å². The summed E-state index contributed by atoms with van der Waals surface area (Å²) in [7, 11) is 0. The number of anilines is 1. The molecule has 1 amide bonds. The van der Waals surface area contributed by atoms with Gasteiger partial charge in [-0.15, -0.1) is 0 Å². The van der Waals surface area contributed by atoms with Crippen molar-refractivity contribution in [1.82, 2.24) is 15.4 Å². The highest BCUT2D eigenvalue weighted by atomic mass is 35.5. The van der Waals surface area contributed by atoms with Crippen molar-refractivity contribution >= 4 is 23.5 Å². The second-order valence-electron chi connectivity index (χ2n) is 6.90. The fourth-order valence-corrected chi connectivity index (χ4v) is 3.69. The summed E-state index contributed by atoms with van der Waals surface area (Å²) in [6.45, 7) is 0. The number of aromatic nitrogens is 2. The molecule has 1 aliphatic rings. The van der Waals surface area contributed by atoms with Crippen LogP contribution in [0.3, 0.4) is 0 Å². The summed E-state index contributed by atoms with van der Waals surface area (Å²) in [6.07, 6.45) is 4.11. The lowest BCUT2D eigenvalue weighted by Crippen LogP contribution is -2.29. The number of carbonyl (C=O) groups excluding carboxylic acids is 1. The van der Waals surface area contributed by atoms with Crippen molar-refractivity contribution in [3.63, 3.8) is 0 Å². The minimum Gasteiger partial charge on any atom is -0.351 e. The molecule has 1 heterocycles. The molecule has 1 aromatic heterocycles. The summed E-state index contributed by atoms with van der Waals surface area (Å²) >= 11 is 5.87. The molecule has 0 bridgehead atoms. The lowest BCUT2D eigenvalue weighted by atomic mass is 9.87. The average molecular weight is 413 g/mol. The Balaban J connectivity index is 1.52. The molecular weight excluding hydrogens is 395 g/mol. The van der Waals surface area contributed by atoms with Gasteiger partial charge >= 0.3 is 0 Å². The Labute approximate surface area is 171 Å². The van der Waals surface area contributed by atoms with Gasteiger partial charge in [-0.05, 0) is 66.8 Å². The standard InChI is InChI=1S/C21H18ClFN4O2/c22-17-11-13(4-6-18(17)23)19-7-8-24-21(26-19)25-16-5-3-12-1-2-14(20(28)27-29)9-15(12)10-16/h1-2,4,6-9,11,16,29H,3,5,10H2,(H,27,28)(H,24,25,26). The predicted octanol–water partition coefficient (Wildman–Crippen LogP) is 4.02. The zero-order valence-corrected chi connectivity index (χ0v) is 16.1. The van der Waals surface area contributed by atoms with Crippen LogP contribution in [-0.4, -0.2) is 27.1 Å². The molecule has 1 aliphatic carbocycles. The maximum absolute atomic E-state index is 13.4. The molecule has 2 aromatic carbocycles. The van der Waals surface area contributed by atoms with Gasteiger partial charge in [0, 0.05) is 23.4 Å². The Hall–Kier alpha value is -3.03. The third-order valence-corrected chi connectivity index (χ3v) is 5.29. The van der Waals surface area contributed by atoms with E-state index in [1.54, 1.807) is 35.9 Å². The first-order valence-corrected chi connectivity index (χ1v) is 9.52. The van der Waals surface area contributed by atoms with Gasteiger partial charge in [0.25, 0.3) is 5.91 Å². The van der Waals surface area contributed by atoms with E-state index in [1.807, 2.05) is 6.07 Å². The van der Waals surface area contributed by atoms with E-state index in [-0.39, 0.29) is 11.1 Å². The van der Waals surface area contributed by atoms with Crippen molar-refractivity contribution in [3.8, 4) is 11.3 Å². The fraction of sp³-hybridized carbons (Fsp3) is 0.190. The number of hydrogen-bond acceptors (Lipinski definition) is 5. The molecule has 4 rings (SSSR count). The number of halogens is 2. The van der Waals surface area contributed by atoms with Crippen LogP contribution < -0.4 is 10.8 Å². The number of aryl methyl sites for hydroxylation is 1. The summed E-state index contributed by atoms with van der Waals surface area (Å²) in [4.78, 5) is 20.5. The third-order valence-electron chi connectivity index (χ3n) is 5.00. The highest BCUT2D eigenvalue weighted by molar-refractivity contribution is 6.31. The average Bonchev–Trinajstić information content (AvgIpc) is 2.74. The molecule has 3 aromatic rings. The molecule has 1 unspecified atom stereocenters. The Kier molecular flexibility index (Phi) is 5.42. The number of benzene rings is 2. The number of rotatable bonds is 4. The van der Waals surface area contributed by atoms with Gasteiger partial charge in [-0.2, -0.15) is 0 Å². The van der Waals surface area contributed by atoms with Crippen molar-refractivity contribution in [1.29, 1.82) is 0 Å². The Morgan fingerprint density at radius 1 is 1.17 bits per heavy atom. The summed E-state index contributed by atoms with van der Waals surface area (Å²) < 4.78 is 13.4. The molecule has 0 radical (unpaired) electrons. The van der Waals surface area contributed by atoms with Crippen LogP contribution in [-0.2, 0) is 12.8 Å². The van der Waals surface area contributed by atoms with Gasteiger partial charge in [0.05, 0.1) is 10.7 Å². The van der Waals surface area contributed by atoms with Crippen LogP contribution in [0.25, 0.3) is 11.3 Å². The number of carbonyl (C=O) groups is 1. The van der Waals surface area contributed by atoms with Crippen LogP contribution in [0.4, 0.5) is 10.3 Å². The van der Waals surface area contributed by atoms with Crippen LogP contribution in [0.5, 0.6) is 0 Å². The maximum atomic E-state index is 13.4. The fourth-order valence-electron chi connectivity index (χ4n) is 3.51. The van der Waals surface area contributed by atoms with Crippen molar-refractivity contribution in [2.45, 2.75) is 25.3 Å². The van der Waals surface area contributed by atoms with E-state index in [4.69, 9.17) is 16.8 Å². The first-order chi connectivity index (χ1) is 14.0. The van der Waals surface area contributed by atoms with E-state index >= 15 is 0 Å². The smallest absolute Gasteiger partial charge is 0.274 e. The van der Waals surface area contributed by atoms with Gasteiger partial charge < -0.3 is 5.32 Å². The second-order valence-corrected chi connectivity index (χ2v) is 7.31. The summed E-state index contributed by atoms with van der Waals surface area (Å²) in [5.41, 5.74) is 5.66. The van der Waals surface area contributed by atoms with Gasteiger partial charge in [-0.25, -0.2) is 19.8 Å². The van der Waals surface area contributed by atoms with Crippen LogP contribution in [0.1, 0.15) is 27.9 Å². The molecule has 0 fully saturated rings. The number of fused-ring (bicyclic) bond motifs is 1. The van der Waals surface area contributed by atoms with Gasteiger partial charge in [-0.3, -0.25) is 10.0 Å². The molecule has 29 heavy (non-hydrogen) atoms. The van der Waals surface area contributed by atoms with Crippen LogP contribution >= 0.6 is 11.6 Å². The highest BCUT2D eigenvalue weighted by Crippen LogP contribution is 2.26. The maximum Gasteiger partial charge on any atom is 0.274 e. The summed E-state index contributed by atoms with van der Waals surface area (Å²) in [6, 6.07) is 11.7. The lowest BCUT2D eigenvalue weighted by molar-refractivity contribution is 0.0706. The molecule has 3 N–H and O–H groups in total. The van der Waals surface area contributed by atoms with Crippen molar-refractivity contribution in [2.24, 2.45) is 0 Å². The summed E-state index contributed by atoms with van der Waals surface area (Å²) in [5, 5.41) is 12.2. The molecule has 148 valence electrons. The van der Waals surface area contributed by atoms with E-state index in [0.29, 0.717) is 29.2 Å². The normalized spacial score (nSPS) is 15.5. The Morgan fingerprint density at radius 2 is 2.03 bits per heavy atom. The predicted molar refractivity (Wildman–Crippen MR) is 108 cm³/mol. The van der Waals surface area contributed by atoms with E-state index in [1.165, 1.54) is 17.7 Å². The number of hydrogen-bond donors (Lipinski definition) is 3. The van der Waals surface area contributed by atoms with Crippen LogP contribution in [0.2, 0.25) is 5.02 Å². The van der Waals surface area contributed by atoms with Crippen molar-refractivity contribution in [2.75, 3.05) is 5.32 Å². The zero-order chi connectivity index (χ0) is 20.4. The van der Waals surface area contributed by atoms with Crippen molar-refractivity contribution < 1.29 is 14.4 Å². The first-order valence-electron chi connectivity index (χ1n) is 9.15. The molecular formula is C21H18ClFN4O2. The van der Waals surface area contributed by atoms with E-state index in [9.17, 15) is 9.18 Å². The minimum atomic E-state index is -0.531. The third kappa shape index (κ3) is 4.21. The first kappa shape index (κ1) is 19.3. The van der Waals surface area contributed by atoms with Gasteiger partial charge in [0.1, 0.15) is 5.82 Å². The minimum absolute atomic E-state index is 0.0437. The molecule has 0 aliphatic heterocycles. The Morgan fingerprint density at radius 3 is 2.83 bits per heavy atom. The van der Waals surface area contributed by atoms with E-state index in [2.05, 4.69) is 15.3 Å². The number of nitrogens with one attached hydrogen (secondary N) is 2. The molecule has 0 spiro atoms. The van der Waals surface area contributed by atoms with Gasteiger partial charge in [0.15, 0.2) is 0 Å². The molecule has 0 saturated heterocycles. The highest BCUT2D eigenvalue weighted by Gasteiger charge is 2.21. The number of amides is 1. The zero-order valence-electron chi connectivity index (χ0n) is 15.3. The number of nitrogens with zero attached hydrogens (tertiary/aromatic N) is 2. The molecule has 6 nitrogen and oxygen atoms in total. The summed E-state index contributed by atoms with van der Waals surface area (Å²) in [5.74, 6) is -0.532. The topological polar surface area (TPSA) is 87.1 Å². The quantitative estimate of drug-likeness (QED) is 0.445. The van der Waals surface area contributed by atoms with Crippen molar-refractivity contribution in [3.05, 3.63) is 76.2 Å². The SMILES string of the molecule is O=C(NO)c1ccc2c(c1)CC(Nc1nccc(-c3ccc(F)c(Cl)c3)n1)CC2. The lowest BCUT2D eigenvalue weighted by Gasteiger charge is -2.26. The molecule has 8 heteroatoms. The van der Waals surface area contributed by atoms with Gasteiger partial charge in [-0.1, -0.05) is 17.7 Å². The van der Waals surface area contributed by atoms with E-state index in [0.717, 1.165) is 18.4 Å². The molecule has 0 saturated carbocycles. The van der Waals surface area contributed by atoms with E-state index < -0.39 is 11.7 Å². The van der Waals surface area contributed by atoms with Crippen LogP contribution in [0.15, 0.2) is 48.7 Å².